The first-order valence-electron chi connectivity index (χ1n) is 13.7. The Labute approximate surface area is 257 Å². The lowest BCUT2D eigenvalue weighted by Gasteiger charge is -2.07. The summed E-state index contributed by atoms with van der Waals surface area (Å²) in [6.07, 6.45) is 8.97. The maximum atomic E-state index is 10.6. The zero-order chi connectivity index (χ0) is 33.5. The molecule has 3 atom stereocenters. The van der Waals surface area contributed by atoms with Crippen LogP contribution in [0, 0.1) is 5.92 Å². The van der Waals surface area contributed by atoms with E-state index in [1.807, 2.05) is 44.3 Å². The molecule has 242 valence electrons. The Morgan fingerprint density at radius 1 is 0.822 bits per heavy atom. The van der Waals surface area contributed by atoms with Gasteiger partial charge in [0.2, 0.25) is 0 Å². The zero-order valence-electron chi connectivity index (χ0n) is 24.8. The topological polar surface area (TPSA) is 315 Å². The minimum Gasteiger partial charge on any atom is -0.480 e. The third kappa shape index (κ3) is 12.0. The molecule has 4 aromatic heterocycles. The monoisotopic (exact) mass is 625 g/mol. The average molecular weight is 626 g/mol. The number of aliphatic carboxylic acids is 3. The van der Waals surface area contributed by atoms with Gasteiger partial charge in [-0.15, -0.1) is 0 Å². The number of hydrogen-bond donors (Lipinski definition) is 10. The number of fused-ring (bicyclic) bond motifs is 2. The highest BCUT2D eigenvalue weighted by molar-refractivity contribution is 5.84. The van der Waals surface area contributed by atoms with Crippen molar-refractivity contribution in [2.24, 2.45) is 23.1 Å². The molecule has 0 radical (unpaired) electrons. The van der Waals surface area contributed by atoms with Gasteiger partial charge in [0.15, 0.2) is 11.5 Å². The minimum absolute atomic E-state index is 0.287. The largest absolute Gasteiger partial charge is 0.480 e. The van der Waals surface area contributed by atoms with E-state index in [2.05, 4.69) is 34.9 Å². The summed E-state index contributed by atoms with van der Waals surface area (Å²) in [4.78, 5) is 54.9. The number of nitrogen functional groups attached to an aromatic ring is 1. The number of benzene rings is 1. The van der Waals surface area contributed by atoms with E-state index in [0.717, 1.165) is 22.2 Å². The lowest BCUT2D eigenvalue weighted by molar-refractivity contribution is -0.139. The molecule has 0 aliphatic heterocycles. The first kappa shape index (κ1) is 35.8. The van der Waals surface area contributed by atoms with Gasteiger partial charge in [0, 0.05) is 41.8 Å². The molecule has 0 spiro atoms. The highest BCUT2D eigenvalue weighted by atomic mass is 16.4. The number of nitrogens with zero attached hydrogens (tertiary/aromatic N) is 4. The highest BCUT2D eigenvalue weighted by Gasteiger charge is 2.15. The number of carboxylic acid groups (broad SMARTS) is 3. The molecule has 0 unspecified atom stereocenters. The fraction of sp³-hybridized carbons (Fsp3) is 0.321. The van der Waals surface area contributed by atoms with Crippen LogP contribution in [-0.2, 0) is 27.2 Å². The Kier molecular flexibility index (Phi) is 14.1. The number of hydrogen-bond acceptors (Lipinski definition) is 11. The summed E-state index contributed by atoms with van der Waals surface area (Å²) < 4.78 is 0. The molecule has 0 aliphatic rings. The highest BCUT2D eigenvalue weighted by Crippen LogP contribution is 2.18. The normalized spacial score (nSPS) is 12.5. The molecule has 1 aromatic carbocycles. The molecule has 0 saturated heterocycles. The van der Waals surface area contributed by atoms with E-state index in [0.29, 0.717) is 35.7 Å². The molecular weight excluding hydrogens is 586 g/mol. The Morgan fingerprint density at radius 3 is 2.02 bits per heavy atom. The number of para-hydroxylation sites is 1. The number of carboxylic acids is 3. The van der Waals surface area contributed by atoms with Gasteiger partial charge in [-0.05, 0) is 24.0 Å². The Morgan fingerprint density at radius 2 is 1.47 bits per heavy atom. The first-order valence-corrected chi connectivity index (χ1v) is 13.7. The lowest BCUT2D eigenvalue weighted by Crippen LogP contribution is -2.32. The number of anilines is 1. The van der Waals surface area contributed by atoms with Crippen LogP contribution in [0.2, 0.25) is 0 Å². The van der Waals surface area contributed by atoms with Crippen molar-refractivity contribution in [1.82, 2.24) is 34.9 Å². The number of H-pyrrole nitrogens is 3. The fourth-order valence-corrected chi connectivity index (χ4v) is 3.74. The van der Waals surface area contributed by atoms with Gasteiger partial charge in [-0.2, -0.15) is 0 Å². The second-order valence-electron chi connectivity index (χ2n) is 10.2. The van der Waals surface area contributed by atoms with E-state index in [1.54, 1.807) is 6.20 Å². The van der Waals surface area contributed by atoms with E-state index >= 15 is 0 Å². The van der Waals surface area contributed by atoms with Crippen molar-refractivity contribution >= 4 is 45.8 Å². The Hall–Kier alpha value is -5.39. The van der Waals surface area contributed by atoms with Gasteiger partial charge >= 0.3 is 17.9 Å². The number of carbonyl (C=O) groups is 3. The third-order valence-electron chi connectivity index (χ3n) is 6.04. The Bertz CT molecular complexity index is 1630. The molecule has 0 aliphatic carbocycles. The van der Waals surface area contributed by atoms with Crippen LogP contribution in [-0.4, -0.2) is 86.2 Å². The van der Waals surface area contributed by atoms with Gasteiger partial charge in [-0.3, -0.25) is 14.4 Å². The predicted molar refractivity (Wildman–Crippen MR) is 167 cm³/mol. The van der Waals surface area contributed by atoms with Crippen LogP contribution in [0.5, 0.6) is 0 Å². The predicted octanol–water partition coefficient (Wildman–Crippen LogP) is 0.866. The molecule has 0 bridgehead atoms. The van der Waals surface area contributed by atoms with Crippen molar-refractivity contribution in [2.45, 2.75) is 51.2 Å². The molecule has 45 heavy (non-hydrogen) atoms. The summed E-state index contributed by atoms with van der Waals surface area (Å²) >= 11 is 0. The van der Waals surface area contributed by atoms with Crippen LogP contribution in [0.1, 0.15) is 31.5 Å². The summed E-state index contributed by atoms with van der Waals surface area (Å²) in [5, 5.41) is 26.5. The molecule has 0 amide bonds. The summed E-state index contributed by atoms with van der Waals surface area (Å²) in [5.41, 5.74) is 25.4. The molecule has 17 nitrogen and oxygen atoms in total. The van der Waals surface area contributed by atoms with Gasteiger partial charge in [0.05, 0.1) is 12.7 Å². The summed E-state index contributed by atoms with van der Waals surface area (Å²) in [6.45, 7) is 3.89. The van der Waals surface area contributed by atoms with Gasteiger partial charge in [0.25, 0.3) is 0 Å². The van der Waals surface area contributed by atoms with Crippen LogP contribution in [0.4, 0.5) is 5.82 Å². The van der Waals surface area contributed by atoms with E-state index < -0.39 is 36.0 Å². The van der Waals surface area contributed by atoms with E-state index in [4.69, 9.17) is 38.3 Å². The molecule has 14 N–H and O–H groups in total. The number of nitrogens with two attached hydrogens (primary N) is 4. The van der Waals surface area contributed by atoms with Crippen molar-refractivity contribution in [3.63, 3.8) is 0 Å². The average Bonchev–Trinajstić information content (AvgIpc) is 3.76. The van der Waals surface area contributed by atoms with Crippen LogP contribution in [0.25, 0.3) is 22.1 Å². The number of aromatic nitrogens is 7. The van der Waals surface area contributed by atoms with Gasteiger partial charge in [-0.25, -0.2) is 19.9 Å². The molecule has 4 heterocycles. The van der Waals surface area contributed by atoms with Crippen molar-refractivity contribution in [1.29, 1.82) is 0 Å². The maximum Gasteiger partial charge on any atom is 0.320 e. The van der Waals surface area contributed by atoms with E-state index in [1.165, 1.54) is 19.0 Å². The van der Waals surface area contributed by atoms with Crippen molar-refractivity contribution in [3.05, 3.63) is 66.9 Å². The minimum atomic E-state index is -1.00. The van der Waals surface area contributed by atoms with Gasteiger partial charge < -0.3 is 53.2 Å². The summed E-state index contributed by atoms with van der Waals surface area (Å²) in [7, 11) is 0. The standard InChI is InChI=1S/C11H12N2O2.C6H9N3O2.C6H13NO2.C5H5N5/c12-9(11(14)15)5-7-6-13-10-4-2-1-3-8(7)10;7-5(6(10)11)1-4-2-8-3-9-4;1-4(2)3-5(7)6(8)9;6-4-3-5(9-1-7-3)10-2-8-4/h1-4,6,9,13H,5,12H2,(H,14,15);2-3,5H,1,7H2,(H,8,9)(H,10,11);4-5H,3,7H2,1-2H3,(H,8,9);1-2H,(H3,6,7,8,9,10)/t9-;2*5-;/m000./s1. The number of imidazole rings is 2. The number of aromatic amines is 3. The fourth-order valence-electron chi connectivity index (χ4n) is 3.74. The second-order valence-corrected chi connectivity index (χ2v) is 10.2. The third-order valence-corrected chi connectivity index (χ3v) is 6.04. The van der Waals surface area contributed by atoms with Crippen LogP contribution in [0.15, 0.2) is 55.6 Å². The summed E-state index contributed by atoms with van der Waals surface area (Å²) in [5.74, 6) is -2.10. The molecule has 0 fully saturated rings. The van der Waals surface area contributed by atoms with E-state index in [9.17, 15) is 14.4 Å². The molecule has 17 heteroatoms. The van der Waals surface area contributed by atoms with Crippen molar-refractivity contribution in [2.75, 3.05) is 5.73 Å². The lowest BCUT2D eigenvalue weighted by atomic mass is 10.1. The molecule has 5 aromatic rings. The van der Waals surface area contributed by atoms with Gasteiger partial charge in [-0.1, -0.05) is 32.0 Å². The van der Waals surface area contributed by atoms with Crippen LogP contribution >= 0.6 is 0 Å². The Balaban J connectivity index is 0.000000214. The van der Waals surface area contributed by atoms with Crippen molar-refractivity contribution in [3.8, 4) is 0 Å². The SMILES string of the molecule is CC(C)C[C@H](N)C(=O)O.N[C@@H](Cc1c[nH]c2ccccc12)C(=O)O.N[C@@H](Cc1cnc[nH]1)C(=O)O.Nc1ncnc2nc[nH]c12. The van der Waals surface area contributed by atoms with Gasteiger partial charge in [0.1, 0.15) is 30.0 Å². The summed E-state index contributed by atoms with van der Waals surface area (Å²) in [6, 6.07) is 5.37. The van der Waals surface area contributed by atoms with Crippen LogP contribution in [0.3, 0.4) is 0 Å². The molecular formula is C28H39N11O6. The molecule has 5 rings (SSSR count). The van der Waals surface area contributed by atoms with Crippen LogP contribution < -0.4 is 22.9 Å². The van der Waals surface area contributed by atoms with Crippen molar-refractivity contribution < 1.29 is 29.7 Å². The zero-order valence-corrected chi connectivity index (χ0v) is 24.8. The van der Waals surface area contributed by atoms with E-state index in [-0.39, 0.29) is 6.42 Å². The quantitative estimate of drug-likeness (QED) is 0.109. The number of rotatable bonds is 9. The second kappa shape index (κ2) is 17.7. The first-order chi connectivity index (χ1) is 21.3. The molecule has 0 saturated carbocycles. The smallest absolute Gasteiger partial charge is 0.320 e. The maximum absolute atomic E-state index is 10.6. The number of nitrogens with one attached hydrogen (secondary N) is 3.